The van der Waals surface area contributed by atoms with E-state index in [1.54, 1.807) is 48.5 Å². The van der Waals surface area contributed by atoms with Crippen molar-refractivity contribution in [3.8, 4) is 47.3 Å². The van der Waals surface area contributed by atoms with Gasteiger partial charge >= 0.3 is 0 Å². The highest BCUT2D eigenvalue weighted by atomic mass is 27.0. The Labute approximate surface area is 338 Å². The van der Waals surface area contributed by atoms with Crippen molar-refractivity contribution in [1.29, 1.82) is 21.0 Å². The van der Waals surface area contributed by atoms with E-state index in [0.29, 0.717) is 65.9 Å². The van der Waals surface area contributed by atoms with Gasteiger partial charge in [-0.2, -0.15) is 21.0 Å². The summed E-state index contributed by atoms with van der Waals surface area (Å²) in [6.07, 6.45) is 0. The zero-order valence-electron chi connectivity index (χ0n) is 30.6. The number of hydrogen-bond donors (Lipinski definition) is 4. The molecular weight excluding hydrogens is 732 g/mol. The van der Waals surface area contributed by atoms with Crippen molar-refractivity contribution >= 4 is 61.0 Å². The maximum atomic E-state index is 9.54. The fraction of sp³-hybridized carbons (Fsp3) is 0.0909. The molecule has 0 atom stereocenters. The van der Waals surface area contributed by atoms with Gasteiger partial charge in [-0.05, 0) is 125 Å². The molecule has 0 aliphatic rings. The zero-order chi connectivity index (χ0) is 40.5. The predicted octanol–water partition coefficient (Wildman–Crippen LogP) is 7.30. The summed E-state index contributed by atoms with van der Waals surface area (Å²) in [6, 6.07) is 35.1. The zero-order valence-corrected chi connectivity index (χ0v) is 30.6. The van der Waals surface area contributed by atoms with Crippen LogP contribution in [0.1, 0.15) is 45.0 Å². The summed E-state index contributed by atoms with van der Waals surface area (Å²) in [4.78, 5) is 16.7. The van der Waals surface area contributed by atoms with Crippen LogP contribution >= 0.6 is 0 Å². The molecule has 8 aromatic rings. The van der Waals surface area contributed by atoms with Crippen molar-refractivity contribution in [2.75, 3.05) is 0 Å². The van der Waals surface area contributed by atoms with E-state index in [2.05, 4.69) is 44.2 Å². The number of phenols is 4. The molecule has 0 saturated heterocycles. The Morgan fingerprint density at radius 2 is 0.526 bits per heavy atom. The highest BCUT2D eigenvalue weighted by Crippen LogP contribution is 2.28. The number of rotatable bonds is 0. The monoisotopic (exact) mass is 766 g/mol. The molecule has 13 heteroatoms. The van der Waals surface area contributed by atoms with E-state index in [1.807, 2.05) is 52.0 Å². The molecule has 4 aromatic carbocycles. The van der Waals surface area contributed by atoms with Crippen molar-refractivity contribution in [1.82, 2.24) is 19.9 Å². The molecule has 0 amide bonds. The minimum Gasteiger partial charge on any atom is -0.506 e. The van der Waals surface area contributed by atoms with Gasteiger partial charge < -0.3 is 20.4 Å². The Balaban J connectivity index is 0.000000167. The predicted molar refractivity (Wildman–Crippen MR) is 221 cm³/mol. The molecule has 278 valence electrons. The van der Waals surface area contributed by atoms with E-state index in [9.17, 15) is 20.4 Å². The first-order valence-electron chi connectivity index (χ1n) is 16.9. The minimum absolute atomic E-state index is 0. The molecule has 12 nitrogen and oxygen atoms in total. The van der Waals surface area contributed by atoms with Gasteiger partial charge in [0.1, 0.15) is 45.1 Å². The molecule has 4 aromatic heterocycles. The van der Waals surface area contributed by atoms with Crippen molar-refractivity contribution in [2.45, 2.75) is 27.7 Å². The Morgan fingerprint density at radius 3 is 0.702 bits per heavy atom. The molecule has 0 aliphatic heterocycles. The first-order valence-corrected chi connectivity index (χ1v) is 16.9. The van der Waals surface area contributed by atoms with Crippen LogP contribution in [0.5, 0.6) is 23.0 Å². The Kier molecular flexibility index (Phi) is 13.6. The second-order valence-electron chi connectivity index (χ2n) is 12.4. The number of pyridine rings is 4. The van der Waals surface area contributed by atoms with Crippen molar-refractivity contribution in [3.05, 3.63) is 142 Å². The van der Waals surface area contributed by atoms with Gasteiger partial charge in [0, 0.05) is 44.3 Å². The van der Waals surface area contributed by atoms with Crippen LogP contribution < -0.4 is 0 Å². The van der Waals surface area contributed by atoms with Crippen LogP contribution in [0.15, 0.2) is 97.1 Å². The van der Waals surface area contributed by atoms with Crippen molar-refractivity contribution < 1.29 is 20.4 Å². The third-order valence-corrected chi connectivity index (χ3v) is 8.38. The van der Waals surface area contributed by atoms with Gasteiger partial charge in [-0.3, -0.25) is 0 Å². The third kappa shape index (κ3) is 9.48. The molecule has 0 unspecified atom stereocenters. The van der Waals surface area contributed by atoms with E-state index >= 15 is 0 Å². The Hall–Kier alpha value is -7.79. The van der Waals surface area contributed by atoms with Crippen LogP contribution in [0.3, 0.4) is 0 Å². The average Bonchev–Trinajstić information content (AvgIpc) is 3.20. The van der Waals surface area contributed by atoms with Gasteiger partial charge in [-0.15, -0.1) is 0 Å². The lowest BCUT2D eigenvalue weighted by Crippen LogP contribution is -1.86. The summed E-state index contributed by atoms with van der Waals surface area (Å²) in [5.74, 6) is 0.454. The van der Waals surface area contributed by atoms with Gasteiger partial charge in [-0.1, -0.05) is 0 Å². The van der Waals surface area contributed by atoms with Crippen LogP contribution in [0.4, 0.5) is 0 Å². The molecule has 0 aliphatic carbocycles. The number of aryl methyl sites for hydroxylation is 4. The maximum Gasteiger partial charge on any atom is 0.187 e. The number of phenolic OH excluding ortho intramolecular Hbond substituents is 4. The smallest absolute Gasteiger partial charge is 0.187 e. The highest BCUT2D eigenvalue weighted by Gasteiger charge is 2.09. The lowest BCUT2D eigenvalue weighted by molar-refractivity contribution is 0.479. The molecule has 4 heterocycles. The van der Waals surface area contributed by atoms with Gasteiger partial charge in [0.05, 0.1) is 46.5 Å². The average molecular weight is 767 g/mol. The summed E-state index contributed by atoms with van der Waals surface area (Å²) >= 11 is 0. The number of fused-ring (bicyclic) bond motifs is 4. The van der Waals surface area contributed by atoms with Crippen LogP contribution in [0.2, 0.25) is 0 Å². The SMILES string of the molecule is Cc1ccc2c(C#N)ccc(O)c2n1.Cc1ccc2c(C#N)ccc(O)c2n1.Cc1ccc2c(C#N)ccc(O)c2n1.Cc1ccc2c(C#N)ccc(O)c2n1.[AlH3]. The number of nitriles is 4. The second-order valence-corrected chi connectivity index (χ2v) is 12.4. The first kappa shape index (κ1) is 42.0. The maximum absolute atomic E-state index is 9.54. The van der Waals surface area contributed by atoms with Crippen molar-refractivity contribution in [3.63, 3.8) is 0 Å². The molecule has 0 radical (unpaired) electrons. The van der Waals surface area contributed by atoms with Gasteiger partial charge in [0.25, 0.3) is 0 Å². The number of aromatic hydroxyl groups is 4. The molecule has 57 heavy (non-hydrogen) atoms. The van der Waals surface area contributed by atoms with E-state index in [-0.39, 0.29) is 40.4 Å². The number of benzene rings is 4. The van der Waals surface area contributed by atoms with E-state index in [0.717, 1.165) is 22.8 Å². The largest absolute Gasteiger partial charge is 0.506 e. The fourth-order valence-corrected chi connectivity index (χ4v) is 5.59. The number of hydrogen-bond acceptors (Lipinski definition) is 12. The standard InChI is InChI=1S/4C11H8N2O.Al.3H/c4*1-7-2-4-9-8(6-12)3-5-10(14)11(9)13-7;;;;/h4*2-5,14H,1H3;;;;. The summed E-state index contributed by atoms with van der Waals surface area (Å²) in [5, 5.41) is 76.3. The molecule has 0 fully saturated rings. The lowest BCUT2D eigenvalue weighted by Gasteiger charge is -2.02. The van der Waals surface area contributed by atoms with E-state index < -0.39 is 0 Å². The van der Waals surface area contributed by atoms with E-state index in [4.69, 9.17) is 21.0 Å². The summed E-state index contributed by atoms with van der Waals surface area (Å²) in [6.45, 7) is 7.38. The van der Waals surface area contributed by atoms with Crippen molar-refractivity contribution in [2.24, 2.45) is 0 Å². The third-order valence-electron chi connectivity index (χ3n) is 8.38. The molecule has 8 rings (SSSR count). The molecular formula is C44H35AlN8O4. The second kappa shape index (κ2) is 18.5. The summed E-state index contributed by atoms with van der Waals surface area (Å²) in [7, 11) is 0. The quantitative estimate of drug-likeness (QED) is 0.112. The van der Waals surface area contributed by atoms with Crippen LogP contribution in [-0.2, 0) is 0 Å². The molecule has 0 bridgehead atoms. The number of nitrogens with zero attached hydrogens (tertiary/aromatic N) is 8. The van der Waals surface area contributed by atoms with Crippen LogP contribution in [0.25, 0.3) is 43.6 Å². The van der Waals surface area contributed by atoms with E-state index in [1.165, 1.54) is 24.3 Å². The Morgan fingerprint density at radius 1 is 0.333 bits per heavy atom. The van der Waals surface area contributed by atoms with Crippen LogP contribution in [0, 0.1) is 73.0 Å². The summed E-state index contributed by atoms with van der Waals surface area (Å²) < 4.78 is 0. The summed E-state index contributed by atoms with van der Waals surface area (Å²) in [5.41, 5.74) is 7.38. The van der Waals surface area contributed by atoms with Gasteiger partial charge in [-0.25, -0.2) is 19.9 Å². The molecule has 4 N–H and O–H groups in total. The lowest BCUT2D eigenvalue weighted by atomic mass is 10.1. The normalized spacial score (nSPS) is 9.82. The fourth-order valence-electron chi connectivity index (χ4n) is 5.59. The van der Waals surface area contributed by atoms with Crippen LogP contribution in [-0.4, -0.2) is 57.7 Å². The minimum atomic E-state index is 0. The molecule has 0 saturated carbocycles. The first-order chi connectivity index (χ1) is 26.9. The van der Waals surface area contributed by atoms with Gasteiger partial charge in [0.15, 0.2) is 17.4 Å². The highest BCUT2D eigenvalue weighted by molar-refractivity contribution is 5.91. The Bertz CT molecular complexity index is 2580. The topological polar surface area (TPSA) is 228 Å². The number of aromatic nitrogens is 4. The molecule has 0 spiro atoms. The van der Waals surface area contributed by atoms with Gasteiger partial charge in [0.2, 0.25) is 0 Å².